The quantitative estimate of drug-likeness (QED) is 0.325. The Labute approximate surface area is 157 Å². The Morgan fingerprint density at radius 1 is 0.800 bits per heavy atom. The van der Waals surface area contributed by atoms with Crippen LogP contribution in [0.3, 0.4) is 0 Å². The Morgan fingerprint density at radius 3 is 1.48 bits per heavy atom. The van der Waals surface area contributed by atoms with E-state index in [2.05, 4.69) is 53.7 Å². The molecule has 0 heterocycles. The van der Waals surface area contributed by atoms with Crippen molar-refractivity contribution in [1.29, 1.82) is 0 Å². The van der Waals surface area contributed by atoms with Crippen molar-refractivity contribution in [1.82, 2.24) is 0 Å². The van der Waals surface area contributed by atoms with Crippen LogP contribution >= 0.6 is 20.2 Å². The summed E-state index contributed by atoms with van der Waals surface area (Å²) in [4.78, 5) is 11.3. The molecule has 0 saturated heterocycles. The molecule has 2 rings (SSSR count). The van der Waals surface area contributed by atoms with Gasteiger partial charge in [0.25, 0.3) is 0 Å². The molecule has 0 saturated carbocycles. The molecular formula is C20H26INO3. The predicted octanol–water partition coefficient (Wildman–Crippen LogP) is 5.95. The zero-order valence-electron chi connectivity index (χ0n) is 15.7. The third kappa shape index (κ3) is 4.71. The van der Waals surface area contributed by atoms with Gasteiger partial charge >= 0.3 is 158 Å². The van der Waals surface area contributed by atoms with E-state index in [0.29, 0.717) is 0 Å². The minimum atomic E-state index is -2.71. The van der Waals surface area contributed by atoms with E-state index in [1.54, 1.807) is 0 Å². The van der Waals surface area contributed by atoms with Crippen LogP contribution in [0.2, 0.25) is 0 Å². The van der Waals surface area contributed by atoms with Crippen molar-refractivity contribution in [3.8, 4) is 0 Å². The average molecular weight is 455 g/mol. The number of hydrogen-bond donors (Lipinski definition) is 0. The monoisotopic (exact) mass is 455 g/mol. The van der Waals surface area contributed by atoms with Crippen LogP contribution < -0.4 is 0 Å². The van der Waals surface area contributed by atoms with Gasteiger partial charge in [-0.1, -0.05) is 0 Å². The van der Waals surface area contributed by atoms with E-state index < -0.39 is 25.3 Å². The Bertz CT molecular complexity index is 703. The van der Waals surface area contributed by atoms with Crippen LogP contribution in [0.25, 0.3) is 0 Å². The molecule has 2 aromatic rings. The second-order valence-corrected chi connectivity index (χ2v) is 12.1. The summed E-state index contributed by atoms with van der Waals surface area (Å²) < 4.78 is 7.36. The van der Waals surface area contributed by atoms with E-state index in [1.165, 1.54) is 0 Å². The first-order valence-corrected chi connectivity index (χ1v) is 11.3. The van der Waals surface area contributed by atoms with Crippen molar-refractivity contribution < 1.29 is 8.25 Å². The topological polar surface area (TPSA) is 52.4 Å². The number of nitrogens with zero attached hydrogens (tertiary/aromatic N) is 1. The van der Waals surface area contributed by atoms with Crippen LogP contribution in [0.1, 0.15) is 52.7 Å². The van der Waals surface area contributed by atoms with Gasteiger partial charge in [0.05, 0.1) is 0 Å². The first-order chi connectivity index (χ1) is 11.5. The van der Waals surface area contributed by atoms with Gasteiger partial charge in [0, 0.05) is 0 Å². The molecule has 0 atom stereocenters. The van der Waals surface area contributed by atoms with Gasteiger partial charge in [0.2, 0.25) is 0 Å². The van der Waals surface area contributed by atoms with Crippen LogP contribution in [-0.4, -0.2) is 5.09 Å². The van der Waals surface area contributed by atoms with E-state index in [-0.39, 0.29) is 10.8 Å². The normalized spacial score (nSPS) is 12.6. The molecule has 0 aliphatic rings. The van der Waals surface area contributed by atoms with Gasteiger partial charge in [-0.25, -0.2) is 0 Å². The Hall–Kier alpha value is -1.63. The summed E-state index contributed by atoms with van der Waals surface area (Å²) in [5, 5.41) is 10.7. The van der Waals surface area contributed by atoms with Gasteiger partial charge in [-0.2, -0.15) is 0 Å². The summed E-state index contributed by atoms with van der Waals surface area (Å²) in [6, 6.07) is 16.0. The molecule has 0 N–H and O–H groups in total. The van der Waals surface area contributed by atoms with Crippen LogP contribution in [0.4, 0.5) is 0 Å². The molecule has 0 radical (unpaired) electrons. The molecular weight excluding hydrogens is 429 g/mol. The Kier molecular flexibility index (Phi) is 5.76. The Morgan fingerprint density at radius 2 is 1.16 bits per heavy atom. The molecule has 0 aromatic heterocycles. The summed E-state index contributed by atoms with van der Waals surface area (Å²) in [6.45, 7) is 12.8. The number of rotatable bonds is 4. The van der Waals surface area contributed by atoms with Crippen LogP contribution in [0.15, 0.2) is 48.5 Å². The minimum absolute atomic E-state index is 0.108. The fourth-order valence-electron chi connectivity index (χ4n) is 2.68. The van der Waals surface area contributed by atoms with E-state index in [1.807, 2.05) is 36.4 Å². The van der Waals surface area contributed by atoms with Gasteiger partial charge in [0.1, 0.15) is 0 Å². The van der Waals surface area contributed by atoms with Gasteiger partial charge in [-0.05, 0) is 0 Å². The van der Waals surface area contributed by atoms with Gasteiger partial charge < -0.3 is 0 Å². The maximum absolute atomic E-state index is 11.3. The second kappa shape index (κ2) is 7.32. The Balaban J connectivity index is 2.71. The van der Waals surface area contributed by atoms with E-state index >= 15 is 0 Å². The molecule has 0 amide bonds. The zero-order valence-corrected chi connectivity index (χ0v) is 17.8. The summed E-state index contributed by atoms with van der Waals surface area (Å²) in [6.07, 6.45) is 0. The maximum atomic E-state index is 11.3. The van der Waals surface area contributed by atoms with E-state index in [9.17, 15) is 10.1 Å². The molecule has 0 aliphatic carbocycles. The molecule has 136 valence electrons. The molecule has 0 fully saturated rings. The van der Waals surface area contributed by atoms with Gasteiger partial charge in [0.15, 0.2) is 0 Å². The number of halogens is 1. The molecule has 0 unspecified atom stereocenters. The van der Waals surface area contributed by atoms with Gasteiger partial charge in [-0.15, -0.1) is 0 Å². The average Bonchev–Trinajstić information content (AvgIpc) is 2.51. The molecule has 0 bridgehead atoms. The van der Waals surface area contributed by atoms with Crippen molar-refractivity contribution in [3.05, 3.63) is 76.9 Å². The fourth-order valence-corrected chi connectivity index (χ4v) is 8.15. The third-order valence-electron chi connectivity index (χ3n) is 3.86. The van der Waals surface area contributed by atoms with Crippen LogP contribution in [-0.2, 0) is 14.0 Å². The first-order valence-electron chi connectivity index (χ1n) is 8.23. The SMILES string of the molecule is CC(C)(C)c1ccccc1I(O[N+](=O)[O-])c1ccccc1C(C)(C)C. The van der Waals surface area contributed by atoms with Crippen molar-refractivity contribution in [2.24, 2.45) is 0 Å². The van der Waals surface area contributed by atoms with Crippen molar-refractivity contribution in [3.63, 3.8) is 0 Å². The summed E-state index contributed by atoms with van der Waals surface area (Å²) >= 11 is -2.71. The standard InChI is InChI=1S/C20H26INO3/c1-19(2,3)15-11-7-9-13-17(15)21(25-22(23)24)18-14-10-8-12-16(18)20(4,5)6/h7-14H,1-6H3. The molecule has 5 heteroatoms. The van der Waals surface area contributed by atoms with Crippen LogP contribution in [0.5, 0.6) is 0 Å². The third-order valence-corrected chi connectivity index (χ3v) is 8.57. The van der Waals surface area contributed by atoms with E-state index in [0.717, 1.165) is 18.3 Å². The molecule has 4 nitrogen and oxygen atoms in total. The van der Waals surface area contributed by atoms with Crippen molar-refractivity contribution in [2.45, 2.75) is 52.4 Å². The van der Waals surface area contributed by atoms with Crippen LogP contribution in [0, 0.1) is 17.3 Å². The number of benzene rings is 2. The van der Waals surface area contributed by atoms with Crippen molar-refractivity contribution >= 4 is 20.2 Å². The number of hydrogen-bond acceptors (Lipinski definition) is 3. The summed E-state index contributed by atoms with van der Waals surface area (Å²) in [5.41, 5.74) is 2.02. The predicted molar refractivity (Wildman–Crippen MR) is 110 cm³/mol. The van der Waals surface area contributed by atoms with Crippen molar-refractivity contribution in [2.75, 3.05) is 0 Å². The fraction of sp³-hybridized carbons (Fsp3) is 0.400. The molecule has 25 heavy (non-hydrogen) atoms. The van der Waals surface area contributed by atoms with Gasteiger partial charge in [-0.3, -0.25) is 0 Å². The molecule has 2 aromatic carbocycles. The zero-order chi connectivity index (χ0) is 18.8. The summed E-state index contributed by atoms with van der Waals surface area (Å²) in [7, 11) is 0. The first kappa shape index (κ1) is 19.7. The molecule has 0 aliphatic heterocycles. The summed E-state index contributed by atoms with van der Waals surface area (Å²) in [5.74, 6) is 0. The second-order valence-electron chi connectivity index (χ2n) is 8.00. The van der Waals surface area contributed by atoms with E-state index in [4.69, 9.17) is 3.17 Å². The molecule has 0 spiro atoms.